The summed E-state index contributed by atoms with van der Waals surface area (Å²) in [5, 5.41) is 7.30. The second kappa shape index (κ2) is 7.63. The number of nitrogens with two attached hydrogens (primary N) is 1. The normalized spacial score (nSPS) is 12.1. The molecule has 0 aromatic carbocycles. The number of hydrogen-bond donors (Lipinski definition) is 2. The van der Waals surface area contributed by atoms with E-state index < -0.39 is 0 Å². The van der Waals surface area contributed by atoms with Crippen LogP contribution in [0.3, 0.4) is 0 Å². The molecule has 0 aliphatic rings. The third-order valence-corrected chi connectivity index (χ3v) is 2.68. The summed E-state index contributed by atoms with van der Waals surface area (Å²) in [4.78, 5) is 8.09. The van der Waals surface area contributed by atoms with Crippen molar-refractivity contribution in [3.8, 4) is 6.01 Å². The van der Waals surface area contributed by atoms with Crippen molar-refractivity contribution in [1.82, 2.24) is 9.97 Å². The Morgan fingerprint density at radius 1 is 1.44 bits per heavy atom. The van der Waals surface area contributed by atoms with E-state index in [1.807, 2.05) is 6.92 Å². The van der Waals surface area contributed by atoms with Crippen molar-refractivity contribution in [3.05, 3.63) is 18.0 Å². The number of nitrogens with one attached hydrogen (secondary N) is 1. The summed E-state index contributed by atoms with van der Waals surface area (Å²) >= 11 is 0. The van der Waals surface area contributed by atoms with Crippen LogP contribution in [0.5, 0.6) is 6.01 Å². The van der Waals surface area contributed by atoms with Gasteiger partial charge in [0.05, 0.1) is 6.10 Å². The number of hydrogen-bond acceptors (Lipinski definition) is 4. The van der Waals surface area contributed by atoms with Crippen LogP contribution in [0.15, 0.2) is 12.3 Å². The highest BCUT2D eigenvalue weighted by Gasteiger charge is 2.07. The van der Waals surface area contributed by atoms with Crippen LogP contribution in [-0.4, -0.2) is 21.9 Å². The first-order valence-electron chi connectivity index (χ1n) is 6.47. The molecule has 0 aliphatic carbocycles. The highest BCUT2D eigenvalue weighted by atomic mass is 16.5. The van der Waals surface area contributed by atoms with Gasteiger partial charge in [-0.05, 0) is 25.8 Å². The molecule has 5 heteroatoms. The molecule has 0 radical (unpaired) electrons. The zero-order valence-electron chi connectivity index (χ0n) is 11.1. The third-order valence-electron chi connectivity index (χ3n) is 2.68. The molecule has 1 rings (SSSR count). The Hall–Kier alpha value is -1.65. The van der Waals surface area contributed by atoms with Crippen LogP contribution in [0.2, 0.25) is 0 Å². The van der Waals surface area contributed by atoms with Gasteiger partial charge in [-0.25, -0.2) is 4.98 Å². The highest BCUT2D eigenvalue weighted by molar-refractivity contribution is 5.92. The molecule has 0 aliphatic heterocycles. The molecule has 100 valence electrons. The van der Waals surface area contributed by atoms with Crippen LogP contribution in [0.1, 0.15) is 51.6 Å². The number of unbranched alkanes of at least 4 members (excludes halogenated alkanes) is 3. The van der Waals surface area contributed by atoms with Gasteiger partial charge < -0.3 is 10.5 Å². The summed E-state index contributed by atoms with van der Waals surface area (Å²) in [6.45, 7) is 4.21. The Balaban J connectivity index is 2.41. The molecule has 1 atom stereocenters. The van der Waals surface area contributed by atoms with Gasteiger partial charge in [0.2, 0.25) is 0 Å². The van der Waals surface area contributed by atoms with Crippen molar-refractivity contribution in [1.29, 1.82) is 5.41 Å². The molecule has 0 fully saturated rings. The van der Waals surface area contributed by atoms with Crippen LogP contribution in [0.25, 0.3) is 0 Å². The third kappa shape index (κ3) is 5.12. The smallest absolute Gasteiger partial charge is 0.317 e. The van der Waals surface area contributed by atoms with E-state index in [1.165, 1.54) is 19.3 Å². The first-order chi connectivity index (χ1) is 8.63. The maximum Gasteiger partial charge on any atom is 0.317 e. The maximum atomic E-state index is 7.30. The summed E-state index contributed by atoms with van der Waals surface area (Å²) in [6.07, 6.45) is 7.53. The molecular formula is C13H22N4O. The fourth-order valence-corrected chi connectivity index (χ4v) is 1.65. The average molecular weight is 250 g/mol. The maximum absolute atomic E-state index is 7.30. The van der Waals surface area contributed by atoms with E-state index in [1.54, 1.807) is 12.3 Å². The molecular weight excluding hydrogens is 228 g/mol. The topological polar surface area (TPSA) is 84.9 Å². The minimum atomic E-state index is -0.0714. The molecule has 1 aromatic heterocycles. The summed E-state index contributed by atoms with van der Waals surface area (Å²) in [7, 11) is 0. The number of nitrogen functional groups attached to an aromatic ring is 1. The van der Waals surface area contributed by atoms with Gasteiger partial charge in [0.25, 0.3) is 0 Å². The largest absolute Gasteiger partial charge is 0.460 e. The monoisotopic (exact) mass is 250 g/mol. The van der Waals surface area contributed by atoms with Crippen LogP contribution in [0.4, 0.5) is 0 Å². The zero-order chi connectivity index (χ0) is 13.4. The Labute approximate surface area is 108 Å². The summed E-state index contributed by atoms with van der Waals surface area (Å²) in [6, 6.07) is 1.90. The van der Waals surface area contributed by atoms with E-state index in [4.69, 9.17) is 15.9 Å². The number of nitrogens with zero attached hydrogens (tertiary/aromatic N) is 2. The fraction of sp³-hybridized carbons (Fsp3) is 0.615. The second-order valence-electron chi connectivity index (χ2n) is 4.42. The lowest BCUT2D eigenvalue weighted by molar-refractivity contribution is 0.189. The molecule has 0 bridgehead atoms. The second-order valence-corrected chi connectivity index (χ2v) is 4.42. The molecule has 1 aromatic rings. The number of amidine groups is 1. The van der Waals surface area contributed by atoms with Gasteiger partial charge >= 0.3 is 6.01 Å². The van der Waals surface area contributed by atoms with Crippen molar-refractivity contribution in [2.75, 3.05) is 0 Å². The van der Waals surface area contributed by atoms with Crippen LogP contribution >= 0.6 is 0 Å². The van der Waals surface area contributed by atoms with Gasteiger partial charge in [-0.3, -0.25) is 5.41 Å². The molecule has 5 nitrogen and oxygen atoms in total. The quantitative estimate of drug-likeness (QED) is 0.421. The van der Waals surface area contributed by atoms with Crippen molar-refractivity contribution in [2.45, 2.75) is 52.1 Å². The molecule has 0 spiro atoms. The SMILES string of the molecule is CCCCCCC(C)Oc1nccc(C(=N)N)n1. The van der Waals surface area contributed by atoms with Crippen molar-refractivity contribution in [2.24, 2.45) is 5.73 Å². The zero-order valence-corrected chi connectivity index (χ0v) is 11.1. The molecule has 18 heavy (non-hydrogen) atoms. The summed E-state index contributed by atoms with van der Waals surface area (Å²) in [5.41, 5.74) is 5.77. The van der Waals surface area contributed by atoms with E-state index in [0.29, 0.717) is 11.7 Å². The number of ether oxygens (including phenoxy) is 1. The van der Waals surface area contributed by atoms with Gasteiger partial charge in [0, 0.05) is 6.20 Å². The van der Waals surface area contributed by atoms with E-state index in [2.05, 4.69) is 16.9 Å². The Morgan fingerprint density at radius 3 is 2.89 bits per heavy atom. The molecule has 1 unspecified atom stereocenters. The van der Waals surface area contributed by atoms with E-state index in [9.17, 15) is 0 Å². The Bertz CT molecular complexity index is 381. The standard InChI is InChI=1S/C13H22N4O/c1-3-4-5-6-7-10(2)18-13-16-9-8-11(17-13)12(14)15/h8-10H,3-7H2,1-2H3,(H3,14,15). The van der Waals surface area contributed by atoms with E-state index in [-0.39, 0.29) is 11.9 Å². The lowest BCUT2D eigenvalue weighted by atomic mass is 10.1. The molecule has 0 amide bonds. The van der Waals surface area contributed by atoms with Crippen LogP contribution < -0.4 is 10.5 Å². The highest BCUT2D eigenvalue weighted by Crippen LogP contribution is 2.11. The fourth-order valence-electron chi connectivity index (χ4n) is 1.65. The Morgan fingerprint density at radius 2 is 2.22 bits per heavy atom. The summed E-state index contributed by atoms with van der Waals surface area (Å²) < 4.78 is 5.61. The molecule has 3 N–H and O–H groups in total. The lowest BCUT2D eigenvalue weighted by Crippen LogP contribution is -2.17. The minimum absolute atomic E-state index is 0.0714. The predicted octanol–water partition coefficient (Wildman–Crippen LogP) is 2.50. The summed E-state index contributed by atoms with van der Waals surface area (Å²) in [5.74, 6) is -0.0714. The van der Waals surface area contributed by atoms with Crippen molar-refractivity contribution < 1.29 is 4.74 Å². The van der Waals surface area contributed by atoms with Gasteiger partial charge in [-0.2, -0.15) is 4.98 Å². The molecule has 0 saturated carbocycles. The predicted molar refractivity (Wildman–Crippen MR) is 71.9 cm³/mol. The first-order valence-corrected chi connectivity index (χ1v) is 6.47. The van der Waals surface area contributed by atoms with Crippen molar-refractivity contribution in [3.63, 3.8) is 0 Å². The molecule has 1 heterocycles. The lowest BCUT2D eigenvalue weighted by Gasteiger charge is -2.13. The van der Waals surface area contributed by atoms with E-state index >= 15 is 0 Å². The van der Waals surface area contributed by atoms with Crippen LogP contribution in [-0.2, 0) is 0 Å². The van der Waals surface area contributed by atoms with Gasteiger partial charge in [0.1, 0.15) is 11.5 Å². The average Bonchev–Trinajstić information content (AvgIpc) is 2.35. The van der Waals surface area contributed by atoms with Gasteiger partial charge in [-0.1, -0.05) is 26.2 Å². The first kappa shape index (κ1) is 14.4. The molecule has 0 saturated heterocycles. The van der Waals surface area contributed by atoms with Gasteiger partial charge in [-0.15, -0.1) is 0 Å². The van der Waals surface area contributed by atoms with Crippen molar-refractivity contribution >= 4 is 5.84 Å². The van der Waals surface area contributed by atoms with Gasteiger partial charge in [0.15, 0.2) is 0 Å². The number of rotatable bonds is 8. The minimum Gasteiger partial charge on any atom is -0.460 e. The van der Waals surface area contributed by atoms with E-state index in [0.717, 1.165) is 12.8 Å². The Kier molecular flexibility index (Phi) is 6.11. The number of aromatic nitrogens is 2. The van der Waals surface area contributed by atoms with Crippen LogP contribution in [0, 0.1) is 5.41 Å².